The lowest BCUT2D eigenvalue weighted by atomic mass is 10.1. The molecule has 1 aromatic heterocycles. The highest BCUT2D eigenvalue weighted by molar-refractivity contribution is 6.31. The normalized spacial score (nSPS) is 10.8. The number of carbonyl (C=O) groups excluding carboxylic acids is 1. The number of nitrogens with one attached hydrogen (secondary N) is 1. The number of para-hydroxylation sites is 1. The van der Waals surface area contributed by atoms with Crippen molar-refractivity contribution < 1.29 is 4.79 Å². The third kappa shape index (κ3) is 2.90. The minimum Gasteiger partial charge on any atom is -0.376 e. The van der Waals surface area contributed by atoms with Crippen LogP contribution in [0.1, 0.15) is 10.4 Å². The molecule has 0 fully saturated rings. The lowest BCUT2D eigenvalue weighted by molar-refractivity contribution is 0.102. The van der Waals surface area contributed by atoms with E-state index in [1.807, 2.05) is 73.2 Å². The van der Waals surface area contributed by atoms with Crippen molar-refractivity contribution in [2.45, 2.75) is 0 Å². The second-order valence-electron chi connectivity index (χ2n) is 5.68. The van der Waals surface area contributed by atoms with Crippen molar-refractivity contribution in [3.8, 4) is 0 Å². The summed E-state index contributed by atoms with van der Waals surface area (Å²) in [5.74, 6) is -0.146. The molecule has 118 valence electrons. The Hall–Kier alpha value is -2.46. The second-order valence-corrected chi connectivity index (χ2v) is 6.12. The van der Waals surface area contributed by atoms with Gasteiger partial charge in [0.1, 0.15) is 0 Å². The minimum atomic E-state index is -0.146. The number of fused-ring (bicyclic) bond motifs is 1. The van der Waals surface area contributed by atoms with E-state index in [1.54, 1.807) is 6.07 Å². The topological polar surface area (TPSA) is 37.3 Å². The van der Waals surface area contributed by atoms with Crippen molar-refractivity contribution in [1.82, 2.24) is 4.57 Å². The molecule has 0 aliphatic heterocycles. The number of anilines is 2. The van der Waals surface area contributed by atoms with Crippen LogP contribution < -0.4 is 10.2 Å². The summed E-state index contributed by atoms with van der Waals surface area (Å²) in [7, 11) is 5.79. The summed E-state index contributed by atoms with van der Waals surface area (Å²) in [6.07, 6.45) is 1.85. The Morgan fingerprint density at radius 2 is 1.91 bits per heavy atom. The van der Waals surface area contributed by atoms with Crippen molar-refractivity contribution in [3.05, 3.63) is 59.2 Å². The highest BCUT2D eigenvalue weighted by Gasteiger charge is 2.16. The molecule has 3 aromatic rings. The molecular formula is C18H18ClN3O. The van der Waals surface area contributed by atoms with Crippen molar-refractivity contribution in [3.63, 3.8) is 0 Å². The third-order valence-electron chi connectivity index (χ3n) is 3.83. The fraction of sp³-hybridized carbons (Fsp3) is 0.167. The van der Waals surface area contributed by atoms with Crippen molar-refractivity contribution >= 4 is 39.8 Å². The van der Waals surface area contributed by atoms with Crippen LogP contribution in [0.4, 0.5) is 11.4 Å². The third-order valence-corrected chi connectivity index (χ3v) is 4.07. The molecule has 0 bridgehead atoms. The van der Waals surface area contributed by atoms with E-state index in [2.05, 4.69) is 5.32 Å². The number of hydrogen-bond donors (Lipinski definition) is 1. The van der Waals surface area contributed by atoms with Crippen LogP contribution in [0.3, 0.4) is 0 Å². The van der Waals surface area contributed by atoms with E-state index in [0.717, 1.165) is 16.6 Å². The van der Waals surface area contributed by atoms with E-state index in [-0.39, 0.29) is 5.91 Å². The first-order valence-corrected chi connectivity index (χ1v) is 7.67. The number of aromatic nitrogens is 1. The molecule has 4 nitrogen and oxygen atoms in total. The first kappa shape index (κ1) is 15.4. The summed E-state index contributed by atoms with van der Waals surface area (Å²) < 4.78 is 1.95. The average molecular weight is 328 g/mol. The number of benzene rings is 2. The Bertz CT molecular complexity index is 883. The van der Waals surface area contributed by atoms with Gasteiger partial charge < -0.3 is 14.8 Å². The molecule has 0 aliphatic rings. The number of aryl methyl sites for hydroxylation is 1. The number of nitrogens with zero attached hydrogens (tertiary/aromatic N) is 2. The lowest BCUT2D eigenvalue weighted by Crippen LogP contribution is -2.16. The summed E-state index contributed by atoms with van der Waals surface area (Å²) >= 11 is 6.08. The molecule has 3 rings (SSSR count). The van der Waals surface area contributed by atoms with Gasteiger partial charge in [-0.2, -0.15) is 0 Å². The highest BCUT2D eigenvalue weighted by Crippen LogP contribution is 2.29. The van der Waals surface area contributed by atoms with Gasteiger partial charge in [0.25, 0.3) is 5.91 Å². The minimum absolute atomic E-state index is 0.146. The van der Waals surface area contributed by atoms with Gasteiger partial charge in [0.2, 0.25) is 0 Å². The Labute approximate surface area is 140 Å². The van der Waals surface area contributed by atoms with Crippen molar-refractivity contribution in [2.24, 2.45) is 7.05 Å². The van der Waals surface area contributed by atoms with Gasteiger partial charge in [0, 0.05) is 43.3 Å². The molecule has 0 radical (unpaired) electrons. The van der Waals surface area contributed by atoms with Crippen LogP contribution in [0, 0.1) is 0 Å². The van der Waals surface area contributed by atoms with E-state index in [9.17, 15) is 4.79 Å². The predicted octanol–water partition coefficient (Wildman–Crippen LogP) is 4.15. The maximum atomic E-state index is 12.7. The summed E-state index contributed by atoms with van der Waals surface area (Å²) in [6, 6.07) is 13.3. The SMILES string of the molecule is CN(C)c1ccc(Cl)cc1NC(=O)c1cn(C)c2ccccc12. The van der Waals surface area contributed by atoms with Gasteiger partial charge in [-0.25, -0.2) is 0 Å². The van der Waals surface area contributed by atoms with E-state index in [4.69, 9.17) is 11.6 Å². The van der Waals surface area contributed by atoms with Crippen LogP contribution in [0.5, 0.6) is 0 Å². The van der Waals surface area contributed by atoms with Crippen LogP contribution in [0.2, 0.25) is 5.02 Å². The van der Waals surface area contributed by atoms with E-state index < -0.39 is 0 Å². The average Bonchev–Trinajstić information content (AvgIpc) is 2.85. The van der Waals surface area contributed by atoms with Gasteiger partial charge >= 0.3 is 0 Å². The number of hydrogen-bond acceptors (Lipinski definition) is 2. The van der Waals surface area contributed by atoms with E-state index in [0.29, 0.717) is 16.3 Å². The van der Waals surface area contributed by atoms with Gasteiger partial charge in [0.05, 0.1) is 16.9 Å². The maximum absolute atomic E-state index is 12.7. The quantitative estimate of drug-likeness (QED) is 0.784. The van der Waals surface area contributed by atoms with E-state index >= 15 is 0 Å². The molecule has 0 spiro atoms. The Balaban J connectivity index is 2.00. The zero-order valence-corrected chi connectivity index (χ0v) is 14.1. The zero-order chi connectivity index (χ0) is 16.6. The smallest absolute Gasteiger partial charge is 0.257 e. The number of halogens is 1. The molecule has 0 aliphatic carbocycles. The number of rotatable bonds is 3. The predicted molar refractivity (Wildman–Crippen MR) is 96.7 cm³/mol. The molecule has 1 N–H and O–H groups in total. The second kappa shape index (κ2) is 5.97. The van der Waals surface area contributed by atoms with Gasteiger partial charge in [-0.3, -0.25) is 4.79 Å². The Morgan fingerprint density at radius 1 is 1.17 bits per heavy atom. The van der Waals surface area contributed by atoms with Crippen LogP contribution in [0.25, 0.3) is 10.9 Å². The lowest BCUT2D eigenvalue weighted by Gasteiger charge is -2.18. The fourth-order valence-corrected chi connectivity index (χ4v) is 2.88. The summed E-state index contributed by atoms with van der Waals surface area (Å²) in [5, 5.41) is 4.49. The molecule has 23 heavy (non-hydrogen) atoms. The number of amides is 1. The summed E-state index contributed by atoms with van der Waals surface area (Å²) in [5.41, 5.74) is 3.27. The Morgan fingerprint density at radius 3 is 2.65 bits per heavy atom. The fourth-order valence-electron chi connectivity index (χ4n) is 2.71. The molecule has 2 aromatic carbocycles. The molecule has 1 amide bonds. The van der Waals surface area contributed by atoms with Crippen molar-refractivity contribution in [2.75, 3.05) is 24.3 Å². The molecule has 0 saturated carbocycles. The first-order valence-electron chi connectivity index (χ1n) is 7.29. The van der Waals surface area contributed by atoms with Crippen LogP contribution in [0.15, 0.2) is 48.7 Å². The van der Waals surface area contributed by atoms with Crippen LogP contribution in [-0.2, 0) is 7.05 Å². The first-order chi connectivity index (χ1) is 11.0. The largest absolute Gasteiger partial charge is 0.376 e. The van der Waals surface area contributed by atoms with Gasteiger partial charge in [-0.15, -0.1) is 0 Å². The molecule has 0 saturated heterocycles. The highest BCUT2D eigenvalue weighted by atomic mass is 35.5. The summed E-state index contributed by atoms with van der Waals surface area (Å²) in [4.78, 5) is 14.7. The molecule has 1 heterocycles. The molecule has 0 unspecified atom stereocenters. The Kier molecular flexibility index (Phi) is 4.01. The maximum Gasteiger partial charge on any atom is 0.257 e. The standard InChI is InChI=1S/C18H18ClN3O/c1-21(2)17-9-8-12(19)10-15(17)20-18(23)14-11-22(3)16-7-5-4-6-13(14)16/h4-11H,1-3H3,(H,20,23). The van der Waals surface area contributed by atoms with E-state index in [1.165, 1.54) is 0 Å². The van der Waals surface area contributed by atoms with Gasteiger partial charge in [0.15, 0.2) is 0 Å². The zero-order valence-electron chi connectivity index (χ0n) is 13.3. The molecular weight excluding hydrogens is 310 g/mol. The molecule has 5 heteroatoms. The monoisotopic (exact) mass is 327 g/mol. The van der Waals surface area contributed by atoms with Gasteiger partial charge in [-0.1, -0.05) is 29.8 Å². The number of carbonyl (C=O) groups is 1. The van der Waals surface area contributed by atoms with Gasteiger partial charge in [-0.05, 0) is 24.3 Å². The van der Waals surface area contributed by atoms with Crippen molar-refractivity contribution in [1.29, 1.82) is 0 Å². The van der Waals surface area contributed by atoms with Crippen LogP contribution in [-0.4, -0.2) is 24.6 Å². The van der Waals surface area contributed by atoms with Crippen LogP contribution >= 0.6 is 11.6 Å². The molecule has 0 atom stereocenters. The summed E-state index contributed by atoms with van der Waals surface area (Å²) in [6.45, 7) is 0.